The van der Waals surface area contributed by atoms with Gasteiger partial charge in [0.15, 0.2) is 0 Å². The first kappa shape index (κ1) is 31.3. The molecule has 5 heteroatoms. The molecule has 5 nitrogen and oxygen atoms in total. The van der Waals surface area contributed by atoms with Crippen LogP contribution in [-0.2, 0) is 5.41 Å². The van der Waals surface area contributed by atoms with Gasteiger partial charge in [0.2, 0.25) is 0 Å². The number of aryl methyl sites for hydroxylation is 3. The summed E-state index contributed by atoms with van der Waals surface area (Å²) in [5.74, 6) is 2.38. The van der Waals surface area contributed by atoms with Crippen LogP contribution in [0.5, 0.6) is 11.5 Å². The van der Waals surface area contributed by atoms with Crippen LogP contribution in [0.15, 0.2) is 134 Å². The number of nitrogens with zero attached hydrogens (tertiary/aromatic N) is 4. The molecule has 0 bridgehead atoms. The van der Waals surface area contributed by atoms with Crippen molar-refractivity contribution in [3.05, 3.63) is 156 Å². The molecule has 0 fully saturated rings. The SMILES string of the molecule is Cc1cc(C)c(-c2cn(-c3cccc(Oc4ccc5c6ccccc6n(-c6cc(C(C)(C)C)ccn6)c5c4)c3)nc2-c2ccccc2)c(C)c1. The average molecular weight is 653 g/mol. The summed E-state index contributed by atoms with van der Waals surface area (Å²) in [6.07, 6.45) is 4.06. The van der Waals surface area contributed by atoms with Gasteiger partial charge in [0.05, 0.1) is 16.7 Å². The van der Waals surface area contributed by atoms with E-state index in [9.17, 15) is 0 Å². The molecule has 0 N–H and O–H groups in total. The molecule has 0 radical (unpaired) electrons. The van der Waals surface area contributed by atoms with Gasteiger partial charge in [0.1, 0.15) is 23.0 Å². The van der Waals surface area contributed by atoms with E-state index in [1.807, 2.05) is 35.1 Å². The van der Waals surface area contributed by atoms with E-state index in [-0.39, 0.29) is 5.41 Å². The summed E-state index contributed by atoms with van der Waals surface area (Å²) in [6, 6.07) is 42.2. The third-order valence-electron chi connectivity index (χ3n) is 9.51. The molecule has 0 saturated heterocycles. The highest BCUT2D eigenvalue weighted by molar-refractivity contribution is 6.09. The van der Waals surface area contributed by atoms with Gasteiger partial charge in [0.25, 0.3) is 0 Å². The topological polar surface area (TPSA) is 44.9 Å². The number of para-hydroxylation sites is 1. The smallest absolute Gasteiger partial charge is 0.137 e. The molecular formula is C45H40N4O. The van der Waals surface area contributed by atoms with Crippen molar-refractivity contribution < 1.29 is 4.74 Å². The minimum Gasteiger partial charge on any atom is -0.457 e. The lowest BCUT2D eigenvalue weighted by molar-refractivity contribution is 0.483. The Balaban J connectivity index is 1.20. The van der Waals surface area contributed by atoms with Crippen molar-refractivity contribution >= 4 is 21.8 Å². The maximum absolute atomic E-state index is 6.60. The summed E-state index contributed by atoms with van der Waals surface area (Å²) in [6.45, 7) is 13.2. The molecule has 8 rings (SSSR count). The molecule has 0 amide bonds. The molecule has 0 unspecified atom stereocenters. The van der Waals surface area contributed by atoms with E-state index in [1.54, 1.807) is 0 Å². The summed E-state index contributed by atoms with van der Waals surface area (Å²) in [5.41, 5.74) is 12.4. The number of hydrogen-bond acceptors (Lipinski definition) is 3. The van der Waals surface area contributed by atoms with Gasteiger partial charge >= 0.3 is 0 Å². The third kappa shape index (κ3) is 5.65. The molecule has 0 atom stereocenters. The molecule has 0 spiro atoms. The van der Waals surface area contributed by atoms with E-state index < -0.39 is 0 Å². The number of ether oxygens (including phenoxy) is 1. The van der Waals surface area contributed by atoms with Crippen molar-refractivity contribution in [2.75, 3.05) is 0 Å². The van der Waals surface area contributed by atoms with Crippen molar-refractivity contribution in [3.63, 3.8) is 0 Å². The molecule has 0 aliphatic rings. The standard InChI is InChI=1S/C45H40N4O/c1-29-23-30(2)43(31(3)24-29)39-28-48(47-44(39)32-13-8-7-9-14-32)34-15-12-16-35(26-34)50-36-19-20-38-37-17-10-11-18-40(37)49(41(38)27-36)42-25-33(21-22-46-42)45(4,5)6/h7-28H,1-6H3. The Bertz CT molecular complexity index is 2510. The van der Waals surface area contributed by atoms with Gasteiger partial charge in [-0.25, -0.2) is 9.67 Å². The van der Waals surface area contributed by atoms with E-state index >= 15 is 0 Å². The highest BCUT2D eigenvalue weighted by Gasteiger charge is 2.20. The predicted octanol–water partition coefficient (Wildman–Crippen LogP) is 11.7. The Kier molecular flexibility index (Phi) is 7.64. The van der Waals surface area contributed by atoms with Crippen LogP contribution in [0.3, 0.4) is 0 Å². The van der Waals surface area contributed by atoms with Gasteiger partial charge in [-0.05, 0) is 90.9 Å². The number of rotatable bonds is 6. The van der Waals surface area contributed by atoms with Crippen LogP contribution in [-0.4, -0.2) is 19.3 Å². The number of fused-ring (bicyclic) bond motifs is 3. The zero-order valence-corrected chi connectivity index (χ0v) is 29.4. The first-order chi connectivity index (χ1) is 24.1. The van der Waals surface area contributed by atoms with Crippen LogP contribution in [0.4, 0.5) is 0 Å². The van der Waals surface area contributed by atoms with Gasteiger partial charge < -0.3 is 4.74 Å². The maximum atomic E-state index is 6.60. The number of benzene rings is 5. The minimum atomic E-state index is 0.00470. The van der Waals surface area contributed by atoms with Gasteiger partial charge in [-0.3, -0.25) is 4.57 Å². The molecule has 0 saturated carbocycles. The van der Waals surface area contributed by atoms with Crippen molar-refractivity contribution in [1.82, 2.24) is 19.3 Å². The van der Waals surface area contributed by atoms with Crippen molar-refractivity contribution in [2.45, 2.75) is 47.0 Å². The molecule has 3 heterocycles. The van der Waals surface area contributed by atoms with E-state index in [2.05, 4.69) is 149 Å². The van der Waals surface area contributed by atoms with Crippen LogP contribution in [0, 0.1) is 20.8 Å². The Hall–Kier alpha value is -5.94. The molecular weight excluding hydrogens is 613 g/mol. The quantitative estimate of drug-likeness (QED) is 0.180. The lowest BCUT2D eigenvalue weighted by Crippen LogP contribution is -2.12. The second-order valence-electron chi connectivity index (χ2n) is 14.3. The van der Waals surface area contributed by atoms with E-state index in [1.165, 1.54) is 33.2 Å². The fourth-order valence-electron chi connectivity index (χ4n) is 7.20. The number of aromatic nitrogens is 4. The highest BCUT2D eigenvalue weighted by Crippen LogP contribution is 2.38. The van der Waals surface area contributed by atoms with Crippen molar-refractivity contribution in [3.8, 4) is 45.4 Å². The first-order valence-electron chi connectivity index (χ1n) is 17.2. The fraction of sp³-hybridized carbons (Fsp3) is 0.156. The predicted molar refractivity (Wildman–Crippen MR) is 206 cm³/mol. The lowest BCUT2D eigenvalue weighted by Gasteiger charge is -2.20. The van der Waals surface area contributed by atoms with E-state index in [0.29, 0.717) is 0 Å². The van der Waals surface area contributed by atoms with Crippen molar-refractivity contribution in [1.29, 1.82) is 0 Å². The Morgan fingerprint density at radius 2 is 1.36 bits per heavy atom. The van der Waals surface area contributed by atoms with Crippen LogP contribution in [0.25, 0.3) is 55.7 Å². The van der Waals surface area contributed by atoms with Gasteiger partial charge in [0, 0.05) is 46.4 Å². The fourth-order valence-corrected chi connectivity index (χ4v) is 7.20. The maximum Gasteiger partial charge on any atom is 0.137 e. The summed E-state index contributed by atoms with van der Waals surface area (Å²) in [4.78, 5) is 4.83. The minimum absolute atomic E-state index is 0.00470. The normalized spacial score (nSPS) is 11.8. The molecule has 0 aliphatic carbocycles. The zero-order valence-electron chi connectivity index (χ0n) is 29.4. The highest BCUT2D eigenvalue weighted by atomic mass is 16.5. The van der Waals surface area contributed by atoms with Gasteiger partial charge in [-0.2, -0.15) is 5.10 Å². The Labute approximate surface area is 293 Å². The molecule has 3 aromatic heterocycles. The number of hydrogen-bond donors (Lipinski definition) is 0. The number of pyridine rings is 1. The molecule has 246 valence electrons. The molecule has 8 aromatic rings. The second-order valence-corrected chi connectivity index (χ2v) is 14.3. The lowest BCUT2D eigenvalue weighted by atomic mass is 9.88. The monoisotopic (exact) mass is 652 g/mol. The molecule has 50 heavy (non-hydrogen) atoms. The van der Waals surface area contributed by atoms with E-state index in [0.717, 1.165) is 56.2 Å². The van der Waals surface area contributed by atoms with Crippen LogP contribution < -0.4 is 4.74 Å². The summed E-state index contributed by atoms with van der Waals surface area (Å²) in [7, 11) is 0. The Morgan fingerprint density at radius 1 is 0.640 bits per heavy atom. The third-order valence-corrected chi connectivity index (χ3v) is 9.51. The van der Waals surface area contributed by atoms with Crippen LogP contribution >= 0.6 is 0 Å². The second kappa shape index (κ2) is 12.2. The Morgan fingerprint density at radius 3 is 2.14 bits per heavy atom. The average Bonchev–Trinajstić information content (AvgIpc) is 3.68. The van der Waals surface area contributed by atoms with Crippen LogP contribution in [0.2, 0.25) is 0 Å². The zero-order chi connectivity index (χ0) is 34.6. The molecule has 0 aliphatic heterocycles. The summed E-state index contributed by atoms with van der Waals surface area (Å²) >= 11 is 0. The van der Waals surface area contributed by atoms with Gasteiger partial charge in [-0.1, -0.05) is 93.1 Å². The largest absolute Gasteiger partial charge is 0.457 e. The van der Waals surface area contributed by atoms with Gasteiger partial charge in [-0.15, -0.1) is 0 Å². The summed E-state index contributed by atoms with van der Waals surface area (Å²) < 4.78 is 10.8. The van der Waals surface area contributed by atoms with E-state index in [4.69, 9.17) is 14.8 Å². The summed E-state index contributed by atoms with van der Waals surface area (Å²) in [5, 5.41) is 7.50. The van der Waals surface area contributed by atoms with Crippen LogP contribution in [0.1, 0.15) is 43.0 Å². The first-order valence-corrected chi connectivity index (χ1v) is 17.2. The molecule has 5 aromatic carbocycles. The van der Waals surface area contributed by atoms with Crippen molar-refractivity contribution in [2.24, 2.45) is 0 Å².